The SMILES string of the molecule is O=Cc1cnc(N2CCCC3CCCCC32)s1. The summed E-state index contributed by atoms with van der Waals surface area (Å²) < 4.78 is 0. The van der Waals surface area contributed by atoms with Gasteiger partial charge in [-0.1, -0.05) is 24.2 Å². The van der Waals surface area contributed by atoms with Crippen LogP contribution in [0, 0.1) is 5.92 Å². The number of rotatable bonds is 2. The van der Waals surface area contributed by atoms with Crippen molar-refractivity contribution in [2.24, 2.45) is 5.92 Å². The maximum absolute atomic E-state index is 10.7. The van der Waals surface area contributed by atoms with Crippen molar-refractivity contribution >= 4 is 22.8 Å². The molecule has 3 nitrogen and oxygen atoms in total. The molecule has 2 unspecified atom stereocenters. The minimum absolute atomic E-state index is 0.683. The van der Waals surface area contributed by atoms with Crippen molar-refractivity contribution in [3.8, 4) is 0 Å². The van der Waals surface area contributed by atoms with Crippen LogP contribution in [0.15, 0.2) is 6.20 Å². The molecule has 0 aromatic carbocycles. The molecule has 1 aliphatic carbocycles. The van der Waals surface area contributed by atoms with E-state index < -0.39 is 0 Å². The van der Waals surface area contributed by atoms with Gasteiger partial charge in [0.1, 0.15) is 0 Å². The molecule has 0 bridgehead atoms. The number of piperidine rings is 1. The van der Waals surface area contributed by atoms with Gasteiger partial charge in [-0.3, -0.25) is 4.79 Å². The molecule has 0 spiro atoms. The second-order valence-corrected chi connectivity index (χ2v) is 6.15. The number of hydrogen-bond donors (Lipinski definition) is 0. The summed E-state index contributed by atoms with van der Waals surface area (Å²) in [4.78, 5) is 18.4. The first kappa shape index (κ1) is 11.2. The summed E-state index contributed by atoms with van der Waals surface area (Å²) in [7, 11) is 0. The van der Waals surface area contributed by atoms with E-state index in [4.69, 9.17) is 0 Å². The number of aromatic nitrogens is 1. The van der Waals surface area contributed by atoms with Gasteiger partial charge in [0.15, 0.2) is 11.4 Å². The summed E-state index contributed by atoms with van der Waals surface area (Å²) in [6, 6.07) is 0.683. The van der Waals surface area contributed by atoms with Crippen molar-refractivity contribution < 1.29 is 4.79 Å². The fourth-order valence-corrected chi connectivity index (χ4v) is 4.14. The minimum atomic E-state index is 0.683. The molecule has 1 aromatic heterocycles. The topological polar surface area (TPSA) is 33.2 Å². The molecule has 2 aliphatic rings. The Balaban J connectivity index is 1.82. The molecule has 0 N–H and O–H groups in total. The first-order chi connectivity index (χ1) is 8.38. The van der Waals surface area contributed by atoms with Crippen LogP contribution in [-0.2, 0) is 0 Å². The van der Waals surface area contributed by atoms with Crippen molar-refractivity contribution in [1.82, 2.24) is 4.98 Å². The van der Waals surface area contributed by atoms with E-state index in [1.54, 1.807) is 17.5 Å². The Morgan fingerprint density at radius 1 is 1.29 bits per heavy atom. The smallest absolute Gasteiger partial charge is 0.186 e. The van der Waals surface area contributed by atoms with Gasteiger partial charge in [-0.25, -0.2) is 4.98 Å². The number of hydrogen-bond acceptors (Lipinski definition) is 4. The van der Waals surface area contributed by atoms with Crippen LogP contribution in [0.1, 0.15) is 48.2 Å². The number of thiazole rings is 1. The Bertz CT molecular complexity index is 402. The first-order valence-corrected chi connectivity index (χ1v) is 7.38. The molecule has 1 saturated carbocycles. The van der Waals surface area contributed by atoms with Gasteiger partial charge < -0.3 is 4.90 Å². The highest BCUT2D eigenvalue weighted by molar-refractivity contribution is 7.17. The van der Waals surface area contributed by atoms with Gasteiger partial charge in [-0.15, -0.1) is 0 Å². The van der Waals surface area contributed by atoms with Gasteiger partial charge in [0, 0.05) is 12.6 Å². The molecule has 2 fully saturated rings. The van der Waals surface area contributed by atoms with Gasteiger partial charge in [0.05, 0.1) is 11.1 Å². The summed E-state index contributed by atoms with van der Waals surface area (Å²) in [5, 5.41) is 1.06. The van der Waals surface area contributed by atoms with Crippen LogP contribution >= 0.6 is 11.3 Å². The maximum Gasteiger partial charge on any atom is 0.186 e. The van der Waals surface area contributed by atoms with Gasteiger partial charge in [-0.05, 0) is 31.6 Å². The molecule has 0 radical (unpaired) electrons. The van der Waals surface area contributed by atoms with Crippen molar-refractivity contribution in [1.29, 1.82) is 0 Å². The standard InChI is InChI=1S/C13H18N2OS/c16-9-11-8-14-13(17-11)15-7-3-5-10-4-1-2-6-12(10)15/h8-10,12H,1-7H2. The molecule has 17 heavy (non-hydrogen) atoms. The van der Waals surface area contributed by atoms with Crippen molar-refractivity contribution in [2.45, 2.75) is 44.6 Å². The van der Waals surface area contributed by atoms with Crippen LogP contribution in [0.3, 0.4) is 0 Å². The molecule has 1 aromatic rings. The second-order valence-electron chi connectivity index (χ2n) is 5.11. The lowest BCUT2D eigenvalue weighted by Crippen LogP contribution is -2.46. The number of aldehydes is 1. The summed E-state index contributed by atoms with van der Waals surface area (Å²) in [6.07, 6.45) is 10.7. The van der Waals surface area contributed by atoms with Crippen LogP contribution in [0.25, 0.3) is 0 Å². The van der Waals surface area contributed by atoms with Crippen LogP contribution in [0.5, 0.6) is 0 Å². The Labute approximate surface area is 106 Å². The normalized spacial score (nSPS) is 28.8. The maximum atomic E-state index is 10.7. The predicted octanol–water partition coefficient (Wildman–Crippen LogP) is 3.11. The van der Waals surface area contributed by atoms with E-state index in [-0.39, 0.29) is 0 Å². The molecule has 2 heterocycles. The molecular formula is C13H18N2OS. The van der Waals surface area contributed by atoms with E-state index in [0.717, 1.165) is 28.8 Å². The quantitative estimate of drug-likeness (QED) is 0.756. The average molecular weight is 250 g/mol. The summed E-state index contributed by atoms with van der Waals surface area (Å²) in [6.45, 7) is 1.12. The summed E-state index contributed by atoms with van der Waals surface area (Å²) in [5.41, 5.74) is 0. The van der Waals surface area contributed by atoms with Crippen molar-refractivity contribution in [3.63, 3.8) is 0 Å². The lowest BCUT2D eigenvalue weighted by atomic mass is 9.78. The summed E-state index contributed by atoms with van der Waals surface area (Å²) >= 11 is 1.54. The molecule has 4 heteroatoms. The van der Waals surface area contributed by atoms with E-state index >= 15 is 0 Å². The van der Waals surface area contributed by atoms with Crippen LogP contribution in [0.4, 0.5) is 5.13 Å². The highest BCUT2D eigenvalue weighted by atomic mass is 32.1. The van der Waals surface area contributed by atoms with Crippen LogP contribution in [-0.4, -0.2) is 23.9 Å². The lowest BCUT2D eigenvalue weighted by Gasteiger charge is -2.44. The van der Waals surface area contributed by atoms with E-state index in [1.807, 2.05) is 0 Å². The monoisotopic (exact) mass is 250 g/mol. The molecule has 2 atom stereocenters. The molecule has 1 aliphatic heterocycles. The minimum Gasteiger partial charge on any atom is -0.345 e. The number of carbonyl (C=O) groups excluding carboxylic acids is 1. The Morgan fingerprint density at radius 2 is 2.12 bits per heavy atom. The lowest BCUT2D eigenvalue weighted by molar-refractivity contribution is 0.112. The zero-order valence-electron chi connectivity index (χ0n) is 9.97. The van der Waals surface area contributed by atoms with E-state index in [0.29, 0.717) is 6.04 Å². The second kappa shape index (κ2) is 4.77. The first-order valence-electron chi connectivity index (χ1n) is 6.56. The molecule has 0 amide bonds. The third-order valence-corrected chi connectivity index (χ3v) is 5.08. The third-order valence-electron chi connectivity index (χ3n) is 4.12. The van der Waals surface area contributed by atoms with Crippen LogP contribution < -0.4 is 4.90 Å². The number of carbonyl (C=O) groups is 1. The number of nitrogens with zero attached hydrogens (tertiary/aromatic N) is 2. The van der Waals surface area contributed by atoms with Crippen LogP contribution in [0.2, 0.25) is 0 Å². The third kappa shape index (κ3) is 2.10. The predicted molar refractivity (Wildman–Crippen MR) is 69.8 cm³/mol. The molecule has 92 valence electrons. The van der Waals surface area contributed by atoms with E-state index in [1.165, 1.54) is 38.5 Å². The Kier molecular flexibility index (Phi) is 3.14. The highest BCUT2D eigenvalue weighted by Crippen LogP contribution is 2.38. The zero-order chi connectivity index (χ0) is 11.7. The number of anilines is 1. The Morgan fingerprint density at radius 3 is 2.94 bits per heavy atom. The van der Waals surface area contributed by atoms with Crippen molar-refractivity contribution in [2.75, 3.05) is 11.4 Å². The van der Waals surface area contributed by atoms with Gasteiger partial charge in [-0.2, -0.15) is 0 Å². The fraction of sp³-hybridized carbons (Fsp3) is 0.692. The highest BCUT2D eigenvalue weighted by Gasteiger charge is 2.34. The Hall–Kier alpha value is -0.900. The molecule has 3 rings (SSSR count). The van der Waals surface area contributed by atoms with Crippen molar-refractivity contribution in [3.05, 3.63) is 11.1 Å². The fourth-order valence-electron chi connectivity index (χ4n) is 3.33. The van der Waals surface area contributed by atoms with Gasteiger partial charge >= 0.3 is 0 Å². The average Bonchev–Trinajstić information content (AvgIpc) is 2.87. The summed E-state index contributed by atoms with van der Waals surface area (Å²) in [5.74, 6) is 0.862. The van der Waals surface area contributed by atoms with E-state index in [9.17, 15) is 4.79 Å². The largest absolute Gasteiger partial charge is 0.345 e. The molecule has 1 saturated heterocycles. The van der Waals surface area contributed by atoms with Gasteiger partial charge in [0.2, 0.25) is 0 Å². The molecular weight excluding hydrogens is 232 g/mol. The van der Waals surface area contributed by atoms with Gasteiger partial charge in [0.25, 0.3) is 0 Å². The van der Waals surface area contributed by atoms with E-state index in [2.05, 4.69) is 9.88 Å². The number of fused-ring (bicyclic) bond motifs is 1. The zero-order valence-corrected chi connectivity index (χ0v) is 10.8.